The quantitative estimate of drug-likeness (QED) is 0.123. The molecule has 4 N–H and O–H groups in total. The SMILES string of the molecule is COC(=O)NCC(=O)N1[C@@H]2CC[C@@H](C2)[C@H]1c1nc2ccc(-c3ccc4c(c3)C(=O)c3cc(-c5cnc([C@@H]6CC7(CC7)CN6C(=O)[C@H](NC(=O)OC)C(C)C)[nH]5)ccc3-4)cc2[nH]1. The second-order valence-corrected chi connectivity index (χ2v) is 17.7. The number of imidazole rings is 2. The summed E-state index contributed by atoms with van der Waals surface area (Å²) in [6, 6.07) is 16.8. The number of likely N-dealkylation sites (tertiary alicyclic amines) is 2. The van der Waals surface area contributed by atoms with Gasteiger partial charge in [-0.3, -0.25) is 14.4 Å². The minimum absolute atomic E-state index is 0.0536. The van der Waals surface area contributed by atoms with Crippen molar-refractivity contribution < 1.29 is 33.4 Å². The van der Waals surface area contributed by atoms with Crippen molar-refractivity contribution in [2.45, 2.75) is 76.5 Å². The van der Waals surface area contributed by atoms with Gasteiger partial charge in [-0.2, -0.15) is 0 Å². The molecular weight excluding hydrogens is 777 g/mol. The standard InChI is InChI=1S/C46H48N8O7/c1-23(2)38(52-45(59)61-4)43(57)53-22-46(13-14-46)19-36(53)41-47-20-35(51-41)26-7-11-30-29-10-6-24(16-31(29)40(56)32(30)17-26)25-8-12-33-34(18-25)50-42(49-33)39-27-5-9-28(15-27)54(39)37(55)21-48-44(58)60-3/h6-8,10-12,16-18,20,23,27-28,36,38-39H,5,9,13-15,19,21-22H2,1-4H3,(H,47,51)(H,48,58)(H,49,50)(H,52,59)/t27-,28+,36-,38+,39-/m0/s1. The lowest BCUT2D eigenvalue weighted by molar-refractivity contribution is -0.136. The molecule has 15 nitrogen and oxygen atoms in total. The number of nitrogens with one attached hydrogen (secondary N) is 4. The van der Waals surface area contributed by atoms with Gasteiger partial charge in [0.2, 0.25) is 11.8 Å². The molecule has 2 saturated heterocycles. The van der Waals surface area contributed by atoms with Crippen molar-refractivity contribution in [2.75, 3.05) is 27.3 Å². The topological polar surface area (TPSA) is 192 Å². The second kappa shape index (κ2) is 14.6. The number of aromatic amines is 2. The van der Waals surface area contributed by atoms with Gasteiger partial charge in [0.15, 0.2) is 5.78 Å². The number of methoxy groups -OCH3 is 2. The van der Waals surface area contributed by atoms with Crippen LogP contribution in [0, 0.1) is 17.3 Å². The summed E-state index contributed by atoms with van der Waals surface area (Å²) in [5, 5.41) is 5.26. The van der Waals surface area contributed by atoms with Crippen molar-refractivity contribution in [1.82, 2.24) is 40.4 Å². The molecule has 0 radical (unpaired) electrons. The number of benzene rings is 3. The Balaban J connectivity index is 0.876. The monoisotopic (exact) mass is 824 g/mol. The predicted octanol–water partition coefficient (Wildman–Crippen LogP) is 6.67. The van der Waals surface area contributed by atoms with E-state index in [0.717, 1.165) is 88.9 Å². The summed E-state index contributed by atoms with van der Waals surface area (Å²) in [5.41, 5.74) is 8.09. The van der Waals surface area contributed by atoms with E-state index in [2.05, 4.69) is 25.3 Å². The minimum Gasteiger partial charge on any atom is -0.453 e. The maximum atomic E-state index is 14.1. The van der Waals surface area contributed by atoms with Gasteiger partial charge in [-0.15, -0.1) is 0 Å². The Morgan fingerprint density at radius 3 is 2.30 bits per heavy atom. The average molecular weight is 825 g/mol. The molecule has 3 aromatic carbocycles. The van der Waals surface area contributed by atoms with Gasteiger partial charge in [-0.05, 0) is 102 Å². The van der Waals surface area contributed by atoms with Crippen LogP contribution < -0.4 is 10.6 Å². The second-order valence-electron chi connectivity index (χ2n) is 17.7. The van der Waals surface area contributed by atoms with Gasteiger partial charge >= 0.3 is 12.2 Å². The zero-order chi connectivity index (χ0) is 42.3. The average Bonchev–Trinajstić information content (AvgIpc) is 3.94. The van der Waals surface area contributed by atoms with Crippen LogP contribution in [0.2, 0.25) is 0 Å². The van der Waals surface area contributed by atoms with Crippen LogP contribution in [0.15, 0.2) is 60.8 Å². The highest BCUT2D eigenvalue weighted by Crippen LogP contribution is 2.58. The van der Waals surface area contributed by atoms with Gasteiger partial charge < -0.3 is 39.9 Å². The number of aromatic nitrogens is 4. The Bertz CT molecular complexity index is 2640. The number of ketones is 1. The fourth-order valence-corrected chi connectivity index (χ4v) is 10.4. The van der Waals surface area contributed by atoms with Crippen LogP contribution in [0.1, 0.15) is 92.0 Å². The third kappa shape index (κ3) is 6.61. The van der Waals surface area contributed by atoms with Crippen molar-refractivity contribution in [3.8, 4) is 33.5 Å². The number of ether oxygens (including phenoxy) is 2. The molecule has 2 bridgehead atoms. The van der Waals surface area contributed by atoms with Crippen molar-refractivity contribution in [2.24, 2.45) is 17.3 Å². The summed E-state index contributed by atoms with van der Waals surface area (Å²) in [7, 11) is 2.56. The number of carbonyl (C=O) groups excluding carboxylic acids is 5. The van der Waals surface area contributed by atoms with Crippen molar-refractivity contribution in [3.63, 3.8) is 0 Å². The molecule has 2 aliphatic heterocycles. The summed E-state index contributed by atoms with van der Waals surface area (Å²) in [5.74, 6) is 1.21. The maximum Gasteiger partial charge on any atom is 0.407 e. The number of carbonyl (C=O) groups is 5. The molecule has 1 spiro atoms. The van der Waals surface area contributed by atoms with Crippen LogP contribution in [0.25, 0.3) is 44.5 Å². The first-order valence-corrected chi connectivity index (χ1v) is 21.1. The molecule has 314 valence electrons. The van der Waals surface area contributed by atoms with Crippen molar-refractivity contribution in [3.05, 3.63) is 83.6 Å². The Morgan fingerprint density at radius 2 is 1.57 bits per heavy atom. The molecule has 5 atom stereocenters. The van der Waals surface area contributed by atoms with E-state index in [-0.39, 0.29) is 59.5 Å². The number of hydrogen-bond acceptors (Lipinski definition) is 9. The van der Waals surface area contributed by atoms with Crippen molar-refractivity contribution >= 4 is 40.8 Å². The van der Waals surface area contributed by atoms with Crippen LogP contribution in [-0.2, 0) is 19.1 Å². The van der Waals surface area contributed by atoms with Crippen molar-refractivity contribution in [1.29, 1.82) is 0 Å². The number of nitrogens with zero attached hydrogens (tertiary/aromatic N) is 4. The zero-order valence-electron chi connectivity index (χ0n) is 34.5. The lowest BCUT2D eigenvalue weighted by Crippen LogP contribution is -2.51. The number of H-pyrrole nitrogens is 2. The van der Waals surface area contributed by atoms with E-state index in [1.165, 1.54) is 14.2 Å². The first kappa shape index (κ1) is 38.7. The van der Waals surface area contributed by atoms with Gasteiger partial charge in [-0.1, -0.05) is 44.2 Å². The van der Waals surface area contributed by atoms with Gasteiger partial charge in [0.25, 0.3) is 0 Å². The third-order valence-corrected chi connectivity index (χ3v) is 13.7. The first-order valence-electron chi connectivity index (χ1n) is 21.1. The van der Waals surface area contributed by atoms with Gasteiger partial charge in [0.05, 0.1) is 49.2 Å². The molecule has 5 aliphatic rings. The maximum absolute atomic E-state index is 14.1. The first-order chi connectivity index (χ1) is 29.4. The lowest BCUT2D eigenvalue weighted by atomic mass is 9.98. The van der Waals surface area contributed by atoms with E-state index in [4.69, 9.17) is 14.7 Å². The molecule has 4 amide bonds. The van der Waals surface area contributed by atoms with E-state index >= 15 is 0 Å². The molecule has 2 saturated carbocycles. The highest BCUT2D eigenvalue weighted by atomic mass is 16.5. The van der Waals surface area contributed by atoms with Crippen LogP contribution in [0.4, 0.5) is 9.59 Å². The molecule has 4 heterocycles. The molecule has 5 aromatic rings. The lowest BCUT2D eigenvalue weighted by Gasteiger charge is -2.34. The fourth-order valence-electron chi connectivity index (χ4n) is 10.4. The van der Waals surface area contributed by atoms with Crippen LogP contribution in [0.5, 0.6) is 0 Å². The van der Waals surface area contributed by atoms with Crippen LogP contribution in [0.3, 0.4) is 0 Å². The molecule has 61 heavy (non-hydrogen) atoms. The summed E-state index contributed by atoms with van der Waals surface area (Å²) in [6.45, 7) is 4.29. The van der Waals surface area contributed by atoms with E-state index < -0.39 is 18.2 Å². The highest BCUT2D eigenvalue weighted by Gasteiger charge is 2.55. The third-order valence-electron chi connectivity index (χ3n) is 13.7. The molecule has 15 heteroatoms. The van der Waals surface area contributed by atoms with Gasteiger partial charge in [0.1, 0.15) is 24.2 Å². The zero-order valence-corrected chi connectivity index (χ0v) is 34.5. The predicted molar refractivity (Wildman–Crippen MR) is 224 cm³/mol. The van der Waals surface area contributed by atoms with E-state index in [1.54, 1.807) is 6.20 Å². The van der Waals surface area contributed by atoms with E-state index in [0.29, 0.717) is 23.5 Å². The van der Waals surface area contributed by atoms with Crippen LogP contribution in [-0.4, -0.2) is 98.9 Å². The van der Waals surface area contributed by atoms with Crippen LogP contribution >= 0.6 is 0 Å². The Morgan fingerprint density at radius 1 is 0.869 bits per heavy atom. The van der Waals surface area contributed by atoms with Gasteiger partial charge in [-0.25, -0.2) is 19.6 Å². The molecule has 3 aliphatic carbocycles. The fraction of sp³-hybridized carbons (Fsp3) is 0.413. The van der Waals surface area contributed by atoms with E-state index in [1.807, 2.05) is 78.2 Å². The number of fused-ring (bicyclic) bond motifs is 6. The number of amides is 4. The minimum atomic E-state index is -0.726. The van der Waals surface area contributed by atoms with Gasteiger partial charge in [0, 0.05) is 29.3 Å². The molecule has 2 aromatic heterocycles. The number of alkyl carbamates (subject to hydrolysis) is 2. The Labute approximate surface area is 352 Å². The molecule has 4 fully saturated rings. The number of rotatable bonds is 9. The summed E-state index contributed by atoms with van der Waals surface area (Å²) in [6.07, 6.45) is 6.24. The largest absolute Gasteiger partial charge is 0.453 e. The summed E-state index contributed by atoms with van der Waals surface area (Å²) in [4.78, 5) is 85.7. The summed E-state index contributed by atoms with van der Waals surface area (Å²) < 4.78 is 9.48. The number of piperidine rings is 1. The smallest absolute Gasteiger partial charge is 0.407 e. The normalized spacial score (nSPS) is 22.1. The number of hydrogen-bond donors (Lipinski definition) is 4. The molecular formula is C46H48N8O7. The highest BCUT2D eigenvalue weighted by molar-refractivity contribution is 6.22. The van der Waals surface area contributed by atoms with E-state index in [9.17, 15) is 24.0 Å². The molecule has 10 rings (SSSR count). The Kier molecular flexibility index (Phi) is 9.25. The molecule has 0 unspecified atom stereocenters. The Hall–Kier alpha value is -6.51. The summed E-state index contributed by atoms with van der Waals surface area (Å²) >= 11 is 0.